The van der Waals surface area contributed by atoms with Crippen LogP contribution < -0.4 is 5.32 Å². The predicted octanol–water partition coefficient (Wildman–Crippen LogP) is 3.30. The van der Waals surface area contributed by atoms with E-state index in [0.717, 1.165) is 40.5 Å². The number of hydrogen-bond acceptors (Lipinski definition) is 3. The van der Waals surface area contributed by atoms with Crippen molar-refractivity contribution < 1.29 is 9.18 Å². The van der Waals surface area contributed by atoms with Gasteiger partial charge in [0.15, 0.2) is 0 Å². The van der Waals surface area contributed by atoms with Gasteiger partial charge in [-0.15, -0.1) is 11.3 Å². The van der Waals surface area contributed by atoms with E-state index in [0.29, 0.717) is 6.04 Å². The fourth-order valence-corrected chi connectivity index (χ4v) is 3.79. The normalized spacial score (nSPS) is 18.5. The number of carbonyl (C=O) groups is 1. The molecule has 0 saturated carbocycles. The number of hydrogen-bond donors (Lipinski definition) is 1. The largest absolute Gasteiger partial charge is 0.335 e. The van der Waals surface area contributed by atoms with Crippen LogP contribution in [0.4, 0.5) is 4.39 Å². The first-order chi connectivity index (χ1) is 10.5. The third kappa shape index (κ3) is 3.05. The minimum Gasteiger partial charge on any atom is -0.335 e. The summed E-state index contributed by atoms with van der Waals surface area (Å²) in [5, 5.41) is 3.34. The van der Waals surface area contributed by atoms with Gasteiger partial charge in [0.1, 0.15) is 5.82 Å². The number of amides is 1. The lowest BCUT2D eigenvalue weighted by molar-refractivity contribution is 0.0714. The maximum Gasteiger partial charge on any atom is 0.264 e. The van der Waals surface area contributed by atoms with Crippen molar-refractivity contribution in [3.8, 4) is 11.1 Å². The van der Waals surface area contributed by atoms with Crippen LogP contribution >= 0.6 is 11.3 Å². The van der Waals surface area contributed by atoms with Crippen LogP contribution in [0.25, 0.3) is 11.1 Å². The van der Waals surface area contributed by atoms with Gasteiger partial charge in [0.25, 0.3) is 5.91 Å². The van der Waals surface area contributed by atoms with Gasteiger partial charge in [0.05, 0.1) is 4.88 Å². The maximum atomic E-state index is 13.1. The third-order valence-corrected chi connectivity index (χ3v) is 4.98. The van der Waals surface area contributed by atoms with Crippen molar-refractivity contribution in [3.63, 3.8) is 0 Å². The highest BCUT2D eigenvalue weighted by atomic mass is 32.1. The van der Waals surface area contributed by atoms with Gasteiger partial charge in [-0.3, -0.25) is 4.79 Å². The van der Waals surface area contributed by atoms with Crippen LogP contribution in [0.3, 0.4) is 0 Å². The second-order valence-corrected chi connectivity index (χ2v) is 6.95. The third-order valence-electron chi connectivity index (χ3n) is 3.94. The lowest BCUT2D eigenvalue weighted by Gasteiger charge is -2.31. The highest BCUT2D eigenvalue weighted by Gasteiger charge is 2.23. The SMILES string of the molecule is Cc1sc(C(=O)N2CCNC(C)C2)cc1-c1ccc(F)cc1. The van der Waals surface area contributed by atoms with Crippen molar-refractivity contribution in [2.75, 3.05) is 19.6 Å². The first kappa shape index (κ1) is 15.2. The number of halogens is 1. The molecule has 3 nitrogen and oxygen atoms in total. The summed E-state index contributed by atoms with van der Waals surface area (Å²) in [5.74, 6) is -0.155. The Kier molecular flexibility index (Phi) is 4.27. The maximum absolute atomic E-state index is 13.1. The molecule has 1 amide bonds. The molecule has 1 aliphatic heterocycles. The van der Waals surface area contributed by atoms with E-state index in [9.17, 15) is 9.18 Å². The number of thiophene rings is 1. The van der Waals surface area contributed by atoms with E-state index in [1.807, 2.05) is 17.9 Å². The van der Waals surface area contributed by atoms with Gasteiger partial charge in [0.2, 0.25) is 0 Å². The molecule has 0 spiro atoms. The Hall–Kier alpha value is -1.72. The topological polar surface area (TPSA) is 32.3 Å². The fourth-order valence-electron chi connectivity index (χ4n) is 2.78. The minimum atomic E-state index is -0.247. The molecular weight excluding hydrogens is 299 g/mol. The van der Waals surface area contributed by atoms with Crippen molar-refractivity contribution in [1.29, 1.82) is 0 Å². The molecule has 1 saturated heterocycles. The molecule has 5 heteroatoms. The van der Waals surface area contributed by atoms with Crippen molar-refractivity contribution in [1.82, 2.24) is 10.2 Å². The molecule has 2 aromatic rings. The van der Waals surface area contributed by atoms with Crippen LogP contribution in [0.15, 0.2) is 30.3 Å². The minimum absolute atomic E-state index is 0.0924. The Morgan fingerprint density at radius 1 is 1.36 bits per heavy atom. The van der Waals surface area contributed by atoms with E-state index in [-0.39, 0.29) is 11.7 Å². The lowest BCUT2D eigenvalue weighted by Crippen LogP contribution is -2.51. The number of carbonyl (C=O) groups excluding carboxylic acids is 1. The summed E-state index contributed by atoms with van der Waals surface area (Å²) >= 11 is 1.51. The summed E-state index contributed by atoms with van der Waals surface area (Å²) in [5.41, 5.74) is 1.96. The van der Waals surface area contributed by atoms with Crippen molar-refractivity contribution in [3.05, 3.63) is 45.9 Å². The summed E-state index contributed by atoms with van der Waals surface area (Å²) in [6.45, 7) is 6.40. The van der Waals surface area contributed by atoms with Crippen molar-refractivity contribution in [2.24, 2.45) is 0 Å². The van der Waals surface area contributed by atoms with Crippen molar-refractivity contribution in [2.45, 2.75) is 19.9 Å². The van der Waals surface area contributed by atoms with Gasteiger partial charge in [-0.25, -0.2) is 4.39 Å². The zero-order valence-electron chi connectivity index (χ0n) is 12.7. The molecule has 1 aromatic heterocycles. The van der Waals surface area contributed by atoms with Gasteiger partial charge < -0.3 is 10.2 Å². The van der Waals surface area contributed by atoms with Crippen LogP contribution in [-0.2, 0) is 0 Å². The summed E-state index contributed by atoms with van der Waals surface area (Å²) in [6, 6.07) is 8.67. The molecule has 1 atom stereocenters. The highest BCUT2D eigenvalue weighted by molar-refractivity contribution is 7.14. The number of rotatable bonds is 2. The fraction of sp³-hybridized carbons (Fsp3) is 0.353. The molecule has 1 fully saturated rings. The number of nitrogens with one attached hydrogen (secondary N) is 1. The van der Waals surface area contributed by atoms with Crippen LogP contribution in [0, 0.1) is 12.7 Å². The average molecular weight is 318 g/mol. The number of nitrogens with zero attached hydrogens (tertiary/aromatic N) is 1. The summed E-state index contributed by atoms with van der Waals surface area (Å²) < 4.78 is 13.1. The molecular formula is C17H19FN2OS. The van der Waals surface area contributed by atoms with E-state index in [4.69, 9.17) is 0 Å². The predicted molar refractivity (Wildman–Crippen MR) is 87.8 cm³/mol. The zero-order chi connectivity index (χ0) is 15.7. The second-order valence-electron chi connectivity index (χ2n) is 5.69. The van der Waals surface area contributed by atoms with Gasteiger partial charge >= 0.3 is 0 Å². The first-order valence-electron chi connectivity index (χ1n) is 7.43. The van der Waals surface area contributed by atoms with E-state index >= 15 is 0 Å². The zero-order valence-corrected chi connectivity index (χ0v) is 13.5. The monoisotopic (exact) mass is 318 g/mol. The van der Waals surface area contributed by atoms with Gasteiger partial charge in [-0.1, -0.05) is 12.1 Å². The molecule has 22 heavy (non-hydrogen) atoms. The van der Waals surface area contributed by atoms with Crippen LogP contribution in [0.2, 0.25) is 0 Å². The number of piperazine rings is 1. The van der Waals surface area contributed by atoms with Crippen LogP contribution in [-0.4, -0.2) is 36.5 Å². The van der Waals surface area contributed by atoms with Gasteiger partial charge in [-0.05, 0) is 43.2 Å². The van der Waals surface area contributed by atoms with E-state index in [1.165, 1.54) is 23.5 Å². The van der Waals surface area contributed by atoms with Crippen molar-refractivity contribution >= 4 is 17.2 Å². The Bertz CT molecular complexity index is 680. The van der Waals surface area contributed by atoms with E-state index in [2.05, 4.69) is 12.2 Å². The first-order valence-corrected chi connectivity index (χ1v) is 8.25. The Morgan fingerprint density at radius 2 is 2.09 bits per heavy atom. The quantitative estimate of drug-likeness (QED) is 0.921. The Balaban J connectivity index is 1.85. The Labute approximate surface area is 133 Å². The smallest absolute Gasteiger partial charge is 0.264 e. The van der Waals surface area contributed by atoms with Crippen LogP contribution in [0.1, 0.15) is 21.5 Å². The molecule has 116 valence electrons. The molecule has 1 aromatic carbocycles. The second kappa shape index (κ2) is 6.18. The molecule has 0 aliphatic carbocycles. The summed E-state index contributed by atoms with van der Waals surface area (Å²) in [6.07, 6.45) is 0. The summed E-state index contributed by atoms with van der Waals surface area (Å²) in [7, 11) is 0. The molecule has 0 bridgehead atoms. The lowest BCUT2D eigenvalue weighted by atomic mass is 10.1. The molecule has 1 unspecified atom stereocenters. The average Bonchev–Trinajstić information content (AvgIpc) is 2.89. The molecule has 3 rings (SSSR count). The Morgan fingerprint density at radius 3 is 2.77 bits per heavy atom. The summed E-state index contributed by atoms with van der Waals surface area (Å²) in [4.78, 5) is 16.4. The van der Waals surface area contributed by atoms with Gasteiger partial charge in [-0.2, -0.15) is 0 Å². The standard InChI is InChI=1S/C17H19FN2OS/c1-11-10-20(8-7-19-11)17(21)16-9-15(12(2)22-16)13-3-5-14(18)6-4-13/h3-6,9,11,19H,7-8,10H2,1-2H3. The van der Waals surface area contributed by atoms with Crippen LogP contribution in [0.5, 0.6) is 0 Å². The molecule has 2 heterocycles. The molecule has 1 N–H and O–H groups in total. The van der Waals surface area contributed by atoms with Gasteiger partial charge in [0, 0.05) is 30.6 Å². The molecule has 0 radical (unpaired) electrons. The highest BCUT2D eigenvalue weighted by Crippen LogP contribution is 2.31. The molecule has 1 aliphatic rings. The number of benzene rings is 1. The number of aryl methyl sites for hydroxylation is 1. The van der Waals surface area contributed by atoms with E-state index < -0.39 is 0 Å². The van der Waals surface area contributed by atoms with E-state index in [1.54, 1.807) is 12.1 Å².